The second kappa shape index (κ2) is 5.24. The molecule has 2 aromatic rings. The Labute approximate surface area is 115 Å². The minimum Gasteiger partial charge on any atom is -0.480 e. The number of rotatable bonds is 5. The Balaban J connectivity index is 2.38. The Kier molecular flexibility index (Phi) is 3.65. The zero-order valence-corrected chi connectivity index (χ0v) is 11.2. The molecular formula is C8H9N7O4S. The number of aryl methyl sites for hydroxylation is 1. The van der Waals surface area contributed by atoms with E-state index < -0.39 is 17.4 Å². The van der Waals surface area contributed by atoms with Gasteiger partial charge in [-0.05, 0) is 32.1 Å². The minimum atomic E-state index is -1.12. The third-order valence-electron chi connectivity index (χ3n) is 2.39. The summed E-state index contributed by atoms with van der Waals surface area (Å²) in [6.07, 6.45) is 0. The average molecular weight is 299 g/mol. The first-order chi connectivity index (χ1) is 9.40. The summed E-state index contributed by atoms with van der Waals surface area (Å²) < 4.78 is 2.56. The lowest BCUT2D eigenvalue weighted by Gasteiger charge is -2.02. The lowest BCUT2D eigenvalue weighted by Crippen LogP contribution is -2.11. The molecule has 106 valence electrons. The van der Waals surface area contributed by atoms with Crippen LogP contribution in [0.4, 0.5) is 5.82 Å². The molecule has 11 nitrogen and oxygen atoms in total. The highest BCUT2D eigenvalue weighted by atomic mass is 32.2. The highest BCUT2D eigenvalue weighted by Crippen LogP contribution is 2.33. The molecule has 2 rings (SSSR count). The molecule has 1 N–H and O–H groups in total. The van der Waals surface area contributed by atoms with E-state index >= 15 is 0 Å². The first-order valence-corrected chi connectivity index (χ1v) is 6.05. The Morgan fingerprint density at radius 2 is 2.25 bits per heavy atom. The van der Waals surface area contributed by atoms with E-state index in [2.05, 4.69) is 20.5 Å². The molecule has 0 aliphatic carbocycles. The topological polar surface area (TPSA) is 142 Å². The van der Waals surface area contributed by atoms with Crippen molar-refractivity contribution in [2.75, 3.05) is 0 Å². The zero-order valence-electron chi connectivity index (χ0n) is 10.4. The molecule has 0 aliphatic heterocycles. The summed E-state index contributed by atoms with van der Waals surface area (Å²) in [6.45, 7) is 1.19. The van der Waals surface area contributed by atoms with Crippen molar-refractivity contribution in [2.45, 2.75) is 23.7 Å². The van der Waals surface area contributed by atoms with Gasteiger partial charge in [0.15, 0.2) is 5.03 Å². The third kappa shape index (κ3) is 2.59. The van der Waals surface area contributed by atoms with Gasteiger partial charge in [0.1, 0.15) is 6.54 Å². The van der Waals surface area contributed by atoms with Crippen LogP contribution < -0.4 is 0 Å². The number of tetrazole rings is 1. The fourth-order valence-electron chi connectivity index (χ4n) is 1.39. The molecule has 0 unspecified atom stereocenters. The maximum absolute atomic E-state index is 10.9. The van der Waals surface area contributed by atoms with Crippen molar-refractivity contribution in [1.29, 1.82) is 0 Å². The van der Waals surface area contributed by atoms with Gasteiger partial charge in [-0.2, -0.15) is 0 Å². The number of nitrogens with zero attached hydrogens (tertiary/aromatic N) is 7. The molecule has 20 heavy (non-hydrogen) atoms. The van der Waals surface area contributed by atoms with Crippen LogP contribution in [0.25, 0.3) is 0 Å². The quantitative estimate of drug-likeness (QED) is 0.589. The van der Waals surface area contributed by atoms with Gasteiger partial charge in [-0.25, -0.2) is 4.68 Å². The maximum atomic E-state index is 10.9. The van der Waals surface area contributed by atoms with Crippen molar-refractivity contribution in [1.82, 2.24) is 29.8 Å². The van der Waals surface area contributed by atoms with Gasteiger partial charge in [-0.15, -0.1) is 5.10 Å². The normalized spacial score (nSPS) is 10.7. The number of aromatic nitrogens is 6. The number of carboxylic acid groups (broad SMARTS) is 1. The number of carboxylic acids is 1. The zero-order chi connectivity index (χ0) is 14.9. The van der Waals surface area contributed by atoms with Crippen LogP contribution in [-0.4, -0.2) is 45.8 Å². The van der Waals surface area contributed by atoms with Crippen molar-refractivity contribution in [3.8, 4) is 0 Å². The molecular weight excluding hydrogens is 290 g/mol. The summed E-state index contributed by atoms with van der Waals surface area (Å²) in [7, 11) is 1.61. The maximum Gasteiger partial charge on any atom is 0.396 e. The molecule has 0 bridgehead atoms. The van der Waals surface area contributed by atoms with Crippen LogP contribution in [0, 0.1) is 17.0 Å². The molecule has 0 saturated carbocycles. The van der Waals surface area contributed by atoms with E-state index in [9.17, 15) is 14.9 Å². The van der Waals surface area contributed by atoms with Crippen LogP contribution in [-0.2, 0) is 18.4 Å². The van der Waals surface area contributed by atoms with Gasteiger partial charge >= 0.3 is 11.8 Å². The molecule has 0 spiro atoms. The summed E-state index contributed by atoms with van der Waals surface area (Å²) >= 11 is 0.888. The summed E-state index contributed by atoms with van der Waals surface area (Å²) in [6, 6.07) is 0. The Morgan fingerprint density at radius 1 is 1.55 bits per heavy atom. The van der Waals surface area contributed by atoms with Crippen LogP contribution in [0.1, 0.15) is 5.82 Å². The summed E-state index contributed by atoms with van der Waals surface area (Å²) in [4.78, 5) is 24.8. The average Bonchev–Trinajstić information content (AvgIpc) is 2.88. The fraction of sp³-hybridized carbons (Fsp3) is 0.375. The minimum absolute atomic E-state index is 0.138. The molecule has 0 aromatic carbocycles. The number of imidazole rings is 1. The number of carbonyl (C=O) groups is 1. The van der Waals surface area contributed by atoms with Crippen molar-refractivity contribution in [3.63, 3.8) is 0 Å². The molecule has 0 fully saturated rings. The van der Waals surface area contributed by atoms with Crippen LogP contribution in [0.15, 0.2) is 10.2 Å². The van der Waals surface area contributed by atoms with Gasteiger partial charge < -0.3 is 15.2 Å². The largest absolute Gasteiger partial charge is 0.480 e. The van der Waals surface area contributed by atoms with E-state index in [1.807, 2.05) is 0 Å². The standard InChI is InChI=1S/C8H9N7O4S/c1-4-9-6(15(18)19)7(13(4)2)20-8-10-11-12-14(8)3-5(16)17/h3H2,1-2H3,(H,16,17). The molecule has 2 aromatic heterocycles. The molecule has 0 radical (unpaired) electrons. The van der Waals surface area contributed by atoms with E-state index in [1.54, 1.807) is 14.0 Å². The third-order valence-corrected chi connectivity index (χ3v) is 3.52. The smallest absolute Gasteiger partial charge is 0.396 e. The van der Waals surface area contributed by atoms with E-state index in [0.29, 0.717) is 5.82 Å². The second-order valence-electron chi connectivity index (χ2n) is 3.72. The first-order valence-electron chi connectivity index (χ1n) is 5.23. The van der Waals surface area contributed by atoms with Gasteiger partial charge in [0, 0.05) is 14.0 Å². The molecule has 2 heterocycles. The fourth-order valence-corrected chi connectivity index (χ4v) is 2.33. The van der Waals surface area contributed by atoms with Crippen LogP contribution in [0.5, 0.6) is 0 Å². The van der Waals surface area contributed by atoms with Crippen molar-refractivity contribution >= 4 is 23.5 Å². The molecule has 0 aliphatic rings. The lowest BCUT2D eigenvalue weighted by atomic mass is 10.7. The number of hydrogen-bond acceptors (Lipinski definition) is 8. The summed E-state index contributed by atoms with van der Waals surface area (Å²) in [5.41, 5.74) is 0. The van der Waals surface area contributed by atoms with Crippen LogP contribution in [0.3, 0.4) is 0 Å². The first kappa shape index (κ1) is 13.9. The van der Waals surface area contributed by atoms with E-state index in [-0.39, 0.29) is 16.0 Å². The van der Waals surface area contributed by atoms with Gasteiger partial charge in [0.25, 0.3) is 0 Å². The molecule has 12 heteroatoms. The SMILES string of the molecule is Cc1nc([N+](=O)[O-])c(Sc2nnnn2CC(=O)O)n1C. The summed E-state index contributed by atoms with van der Waals surface area (Å²) in [5, 5.41) is 30.6. The van der Waals surface area contributed by atoms with E-state index in [4.69, 9.17) is 5.11 Å². The molecule has 0 saturated heterocycles. The van der Waals surface area contributed by atoms with Crippen molar-refractivity contribution < 1.29 is 14.8 Å². The number of nitro groups is 1. The van der Waals surface area contributed by atoms with Crippen LogP contribution in [0.2, 0.25) is 0 Å². The predicted molar refractivity (Wildman–Crippen MR) is 64.2 cm³/mol. The number of aliphatic carboxylic acids is 1. The highest BCUT2D eigenvalue weighted by molar-refractivity contribution is 7.99. The van der Waals surface area contributed by atoms with Crippen LogP contribution >= 0.6 is 11.8 Å². The lowest BCUT2D eigenvalue weighted by molar-refractivity contribution is -0.392. The monoisotopic (exact) mass is 299 g/mol. The van der Waals surface area contributed by atoms with Gasteiger partial charge in [-0.3, -0.25) is 9.36 Å². The Bertz CT molecular complexity index is 678. The van der Waals surface area contributed by atoms with Crippen molar-refractivity contribution in [3.05, 3.63) is 15.9 Å². The summed E-state index contributed by atoms with van der Waals surface area (Å²) in [5.74, 6) is -0.980. The second-order valence-corrected chi connectivity index (χ2v) is 4.67. The molecule has 0 amide bonds. The van der Waals surface area contributed by atoms with Gasteiger partial charge in [0.2, 0.25) is 11.0 Å². The predicted octanol–water partition coefficient (Wildman–Crippen LogP) is -0.141. The van der Waals surface area contributed by atoms with Gasteiger partial charge in [-0.1, -0.05) is 0 Å². The van der Waals surface area contributed by atoms with Gasteiger partial charge in [0.05, 0.1) is 0 Å². The highest BCUT2D eigenvalue weighted by Gasteiger charge is 2.26. The van der Waals surface area contributed by atoms with E-state index in [0.717, 1.165) is 16.4 Å². The number of hydrogen-bond donors (Lipinski definition) is 1. The Hall–Kier alpha value is -2.50. The van der Waals surface area contributed by atoms with E-state index in [1.165, 1.54) is 4.57 Å². The van der Waals surface area contributed by atoms with Crippen molar-refractivity contribution in [2.24, 2.45) is 7.05 Å². The molecule has 0 atom stereocenters. The Morgan fingerprint density at radius 3 is 2.85 bits per heavy atom.